The molecule has 0 atom stereocenters. The second kappa shape index (κ2) is 3.22. The van der Waals surface area contributed by atoms with Gasteiger partial charge in [0.2, 0.25) is 0 Å². The Morgan fingerprint density at radius 1 is 1.08 bits per heavy atom. The Morgan fingerprint density at radius 2 is 1.50 bits per heavy atom. The number of benzene rings is 1. The van der Waals surface area contributed by atoms with E-state index in [1.54, 1.807) is 0 Å². The first kappa shape index (κ1) is 8.54. The predicted molar refractivity (Wildman–Crippen MR) is 55.2 cm³/mol. The van der Waals surface area contributed by atoms with Crippen molar-refractivity contribution >= 4 is 11.1 Å². The van der Waals surface area contributed by atoms with Crippen LogP contribution in [0.5, 0.6) is 0 Å². The molecule has 1 aromatic rings. The Hall–Kier alpha value is -1.56. The summed E-state index contributed by atoms with van der Waals surface area (Å²) in [6.07, 6.45) is 0. The zero-order valence-corrected chi connectivity index (χ0v) is 7.14. The fourth-order valence-corrected chi connectivity index (χ4v) is 0.942. The van der Waals surface area contributed by atoms with Gasteiger partial charge in [-0.1, -0.05) is 12.1 Å². The molecule has 12 heavy (non-hydrogen) atoms. The molecule has 0 aliphatic heterocycles. The molecule has 0 aliphatic carbocycles. The molecule has 0 nitrogen and oxygen atoms in total. The zero-order chi connectivity index (χ0) is 9.14. The first-order chi connectivity index (χ1) is 5.61. The molecular weight excluding hydrogens is 144 g/mol. The predicted octanol–water partition coefficient (Wildman–Crippen LogP) is 3.38. The lowest BCUT2D eigenvalue weighted by Gasteiger charge is -2.05. The van der Waals surface area contributed by atoms with Crippen LogP contribution in [0.2, 0.25) is 0 Å². The van der Waals surface area contributed by atoms with Crippen molar-refractivity contribution in [2.45, 2.75) is 0 Å². The molecule has 0 fully saturated rings. The summed E-state index contributed by atoms with van der Waals surface area (Å²) in [5, 5.41) is 0. The van der Waals surface area contributed by atoms with Crippen LogP contribution in [0.1, 0.15) is 11.1 Å². The van der Waals surface area contributed by atoms with Gasteiger partial charge in [0.1, 0.15) is 5.57 Å². The second-order valence-corrected chi connectivity index (χ2v) is 2.78. The van der Waals surface area contributed by atoms with Gasteiger partial charge in [0.25, 0.3) is 0 Å². The minimum atomic E-state index is 0.830. The van der Waals surface area contributed by atoms with Crippen LogP contribution in [0.4, 0.5) is 0 Å². The second-order valence-electron chi connectivity index (χ2n) is 2.78. The Bertz CT molecular complexity index is 268. The molecule has 0 unspecified atom stereocenters. The van der Waals surface area contributed by atoms with Gasteiger partial charge in [-0.2, -0.15) is 19.1 Å². The summed E-state index contributed by atoms with van der Waals surface area (Å²) in [6, 6.07) is 7.89. The van der Waals surface area contributed by atoms with E-state index in [0.29, 0.717) is 0 Å². The van der Waals surface area contributed by atoms with Crippen molar-refractivity contribution in [3.05, 3.63) is 62.4 Å². The van der Waals surface area contributed by atoms with E-state index in [1.807, 2.05) is 24.3 Å². The van der Waals surface area contributed by atoms with Crippen LogP contribution in [0, 0.1) is 13.8 Å². The van der Waals surface area contributed by atoms with Crippen LogP contribution in [-0.4, -0.2) is 0 Å². The fraction of sp³-hybridized carbons (Fsp3) is 0. The largest absolute Gasteiger partial charge is 0.199 e. The lowest BCUT2D eigenvalue weighted by atomic mass is 10.0. The van der Waals surface area contributed by atoms with Crippen LogP contribution >= 0.6 is 0 Å². The van der Waals surface area contributed by atoms with Gasteiger partial charge >= 0.3 is 0 Å². The van der Waals surface area contributed by atoms with E-state index in [-0.39, 0.29) is 0 Å². The molecule has 1 aromatic carbocycles. The molecule has 0 spiro atoms. The third-order valence-electron chi connectivity index (χ3n) is 1.70. The summed E-state index contributed by atoms with van der Waals surface area (Å²) < 4.78 is 0. The van der Waals surface area contributed by atoms with Crippen LogP contribution in [-0.2, 0) is 0 Å². The van der Waals surface area contributed by atoms with E-state index >= 15 is 0 Å². The molecule has 0 radical (unpaired) electrons. The molecule has 0 saturated heterocycles. The van der Waals surface area contributed by atoms with Gasteiger partial charge in [0.05, 0.1) is 5.56 Å². The summed E-state index contributed by atoms with van der Waals surface area (Å²) in [5.41, 5.74) is 3.77. The Kier molecular flexibility index (Phi) is 2.29. The van der Waals surface area contributed by atoms with Crippen molar-refractivity contribution in [2.24, 2.45) is 0 Å². The summed E-state index contributed by atoms with van der Waals surface area (Å²) in [6.45, 7) is 15.0. The highest BCUT2D eigenvalue weighted by Gasteiger charge is 1.98. The van der Waals surface area contributed by atoms with Crippen LogP contribution in [0.15, 0.2) is 37.4 Å². The highest BCUT2D eigenvalue weighted by Crippen LogP contribution is 2.15. The van der Waals surface area contributed by atoms with Gasteiger partial charge in [-0.15, -0.1) is 5.56 Å². The van der Waals surface area contributed by atoms with Crippen LogP contribution in [0.25, 0.3) is 11.1 Å². The van der Waals surface area contributed by atoms with Crippen LogP contribution in [0.3, 0.4) is 0 Å². The zero-order valence-electron chi connectivity index (χ0n) is 7.14. The van der Waals surface area contributed by atoms with E-state index in [1.165, 1.54) is 0 Å². The number of hydrogen-bond acceptors (Lipinski definition) is 0. The Morgan fingerprint density at radius 3 is 1.83 bits per heavy atom. The summed E-state index contributed by atoms with van der Waals surface area (Å²) >= 11 is 0. The third kappa shape index (κ3) is 1.73. The molecule has 0 heteroatoms. The molecular formula is C12H12. The lowest BCUT2D eigenvalue weighted by molar-refractivity contribution is 1.58. The summed E-state index contributed by atoms with van der Waals surface area (Å²) in [4.78, 5) is 0. The van der Waals surface area contributed by atoms with Crippen molar-refractivity contribution in [2.75, 3.05) is 0 Å². The lowest BCUT2D eigenvalue weighted by Crippen LogP contribution is -1.80. The maximum Gasteiger partial charge on any atom is 0.126 e. The highest BCUT2D eigenvalue weighted by molar-refractivity contribution is 5.71. The minimum Gasteiger partial charge on any atom is -0.199 e. The highest BCUT2D eigenvalue weighted by atomic mass is 14.0. The van der Waals surface area contributed by atoms with E-state index < -0.39 is 0 Å². The van der Waals surface area contributed by atoms with Gasteiger partial charge in [0.15, 0.2) is 0 Å². The summed E-state index contributed by atoms with van der Waals surface area (Å²) in [7, 11) is 0. The number of allylic oxidation sites excluding steroid dienone is 2. The van der Waals surface area contributed by atoms with Crippen molar-refractivity contribution in [1.29, 1.82) is 0 Å². The maximum absolute atomic E-state index is 3.75. The molecule has 60 valence electrons. The minimum absolute atomic E-state index is 0.830. The average molecular weight is 156 g/mol. The van der Waals surface area contributed by atoms with Crippen molar-refractivity contribution < 1.29 is 0 Å². The van der Waals surface area contributed by atoms with E-state index in [0.717, 1.165) is 22.3 Å². The van der Waals surface area contributed by atoms with E-state index in [9.17, 15) is 0 Å². The van der Waals surface area contributed by atoms with Gasteiger partial charge in [0, 0.05) is 13.5 Å². The molecule has 0 N–H and O–H groups in total. The summed E-state index contributed by atoms with van der Waals surface area (Å²) in [5.74, 6) is 0. The van der Waals surface area contributed by atoms with Crippen molar-refractivity contribution in [3.63, 3.8) is 0 Å². The number of rotatable bonds is 2. The normalized spacial score (nSPS) is 9.33. The van der Waals surface area contributed by atoms with Gasteiger partial charge in [-0.05, 0) is 12.1 Å². The monoisotopic (exact) mass is 156 g/mol. The molecule has 1 rings (SSSR count). The van der Waals surface area contributed by atoms with E-state index in [4.69, 9.17) is 0 Å². The quantitative estimate of drug-likeness (QED) is 0.576. The topological polar surface area (TPSA) is 0 Å². The Balaban J connectivity index is 3.01. The SMILES string of the molecule is C=C([CH2+])c1ccc(C(=C)[CH2-])cc1. The van der Waals surface area contributed by atoms with Gasteiger partial charge in [-0.25, -0.2) is 0 Å². The smallest absolute Gasteiger partial charge is 0.126 e. The first-order valence-electron chi connectivity index (χ1n) is 3.74. The van der Waals surface area contributed by atoms with E-state index in [2.05, 4.69) is 27.0 Å². The average Bonchev–Trinajstić information content (AvgIpc) is 2.04. The maximum atomic E-state index is 3.75. The molecule has 0 heterocycles. The van der Waals surface area contributed by atoms with Crippen LogP contribution < -0.4 is 0 Å². The van der Waals surface area contributed by atoms with Gasteiger partial charge in [-0.3, -0.25) is 0 Å². The number of hydrogen-bond donors (Lipinski definition) is 0. The standard InChI is InChI=1S/C12H12/c1-9(2)11-5-7-12(8-6-11)10(3)4/h5-8H,1-4H2. The van der Waals surface area contributed by atoms with Crippen molar-refractivity contribution in [3.8, 4) is 0 Å². The fourth-order valence-electron chi connectivity index (χ4n) is 0.942. The molecule has 0 bridgehead atoms. The third-order valence-corrected chi connectivity index (χ3v) is 1.70. The molecule has 0 saturated carbocycles. The van der Waals surface area contributed by atoms with Crippen molar-refractivity contribution in [1.82, 2.24) is 0 Å². The first-order valence-corrected chi connectivity index (χ1v) is 3.74. The molecule has 0 amide bonds. The molecule has 0 aromatic heterocycles. The molecule has 0 aliphatic rings. The van der Waals surface area contributed by atoms with Gasteiger partial charge < -0.3 is 0 Å². The Labute approximate surface area is 74.2 Å².